The van der Waals surface area contributed by atoms with Crippen molar-refractivity contribution < 1.29 is 0 Å². The SMILES string of the molecule is CN(C)c1cccc(-c2cnc3ccc(C(N)c4cccs4)nn23)c1. The summed E-state index contributed by atoms with van der Waals surface area (Å²) >= 11 is 1.64. The molecule has 0 aliphatic heterocycles. The van der Waals surface area contributed by atoms with Crippen LogP contribution in [0.3, 0.4) is 0 Å². The summed E-state index contributed by atoms with van der Waals surface area (Å²) in [6.07, 6.45) is 1.86. The maximum Gasteiger partial charge on any atom is 0.154 e. The molecule has 3 aromatic heterocycles. The van der Waals surface area contributed by atoms with Crippen LogP contribution in [0.25, 0.3) is 16.9 Å². The number of hydrogen-bond donors (Lipinski definition) is 1. The Bertz CT molecular complexity index is 1000. The fraction of sp³-hybridized carbons (Fsp3) is 0.158. The van der Waals surface area contributed by atoms with E-state index >= 15 is 0 Å². The van der Waals surface area contributed by atoms with Gasteiger partial charge in [-0.3, -0.25) is 0 Å². The number of imidazole rings is 1. The number of thiophene rings is 1. The molecule has 5 nitrogen and oxygen atoms in total. The van der Waals surface area contributed by atoms with E-state index in [4.69, 9.17) is 10.8 Å². The maximum absolute atomic E-state index is 6.38. The second-order valence-electron chi connectivity index (χ2n) is 6.11. The summed E-state index contributed by atoms with van der Waals surface area (Å²) < 4.78 is 1.87. The first kappa shape index (κ1) is 15.8. The highest BCUT2D eigenvalue weighted by Crippen LogP contribution is 2.26. The van der Waals surface area contributed by atoms with Gasteiger partial charge in [0.2, 0.25) is 0 Å². The van der Waals surface area contributed by atoms with Crippen LogP contribution in [-0.4, -0.2) is 28.7 Å². The molecule has 0 amide bonds. The molecule has 1 unspecified atom stereocenters. The molecule has 0 spiro atoms. The van der Waals surface area contributed by atoms with Crippen molar-refractivity contribution in [1.29, 1.82) is 0 Å². The number of anilines is 1. The van der Waals surface area contributed by atoms with Gasteiger partial charge in [-0.2, -0.15) is 5.10 Å². The van der Waals surface area contributed by atoms with Gasteiger partial charge >= 0.3 is 0 Å². The molecule has 2 N–H and O–H groups in total. The maximum atomic E-state index is 6.38. The second-order valence-corrected chi connectivity index (χ2v) is 7.09. The number of nitrogens with two attached hydrogens (primary N) is 1. The van der Waals surface area contributed by atoms with E-state index in [1.807, 2.05) is 60.5 Å². The minimum Gasteiger partial charge on any atom is -0.378 e. The van der Waals surface area contributed by atoms with Gasteiger partial charge in [0.1, 0.15) is 0 Å². The van der Waals surface area contributed by atoms with E-state index in [1.54, 1.807) is 11.3 Å². The Kier molecular flexibility index (Phi) is 3.99. The summed E-state index contributed by atoms with van der Waals surface area (Å²) in [4.78, 5) is 7.66. The molecule has 25 heavy (non-hydrogen) atoms. The number of hydrogen-bond acceptors (Lipinski definition) is 5. The predicted molar refractivity (Wildman–Crippen MR) is 103 cm³/mol. The summed E-state index contributed by atoms with van der Waals surface area (Å²) in [6.45, 7) is 0. The van der Waals surface area contributed by atoms with Gasteiger partial charge in [0.15, 0.2) is 5.65 Å². The summed E-state index contributed by atoms with van der Waals surface area (Å²) in [7, 11) is 4.06. The predicted octanol–water partition coefficient (Wildman–Crippen LogP) is 3.57. The average molecular weight is 349 g/mol. The van der Waals surface area contributed by atoms with Crippen LogP contribution in [0.1, 0.15) is 16.6 Å². The van der Waals surface area contributed by atoms with Gasteiger partial charge in [-0.05, 0) is 35.7 Å². The molecule has 0 fully saturated rings. The molecule has 4 aromatic rings. The van der Waals surface area contributed by atoms with Crippen LogP contribution in [-0.2, 0) is 0 Å². The molecule has 3 heterocycles. The summed E-state index contributed by atoms with van der Waals surface area (Å²) in [5, 5.41) is 6.80. The molecule has 6 heteroatoms. The van der Waals surface area contributed by atoms with E-state index in [2.05, 4.69) is 28.1 Å². The lowest BCUT2D eigenvalue weighted by molar-refractivity contribution is 0.782. The quantitative estimate of drug-likeness (QED) is 0.612. The van der Waals surface area contributed by atoms with Crippen molar-refractivity contribution in [3.63, 3.8) is 0 Å². The molecule has 4 rings (SSSR count). The first-order valence-electron chi connectivity index (χ1n) is 8.05. The van der Waals surface area contributed by atoms with Gasteiger partial charge in [-0.15, -0.1) is 11.3 Å². The van der Waals surface area contributed by atoms with Crippen LogP contribution < -0.4 is 10.6 Å². The lowest BCUT2D eigenvalue weighted by atomic mass is 10.1. The zero-order valence-electron chi connectivity index (χ0n) is 14.1. The van der Waals surface area contributed by atoms with E-state index in [-0.39, 0.29) is 6.04 Å². The van der Waals surface area contributed by atoms with Crippen LogP contribution in [0.5, 0.6) is 0 Å². The smallest absolute Gasteiger partial charge is 0.154 e. The molecule has 1 aromatic carbocycles. The minimum absolute atomic E-state index is 0.229. The fourth-order valence-electron chi connectivity index (χ4n) is 2.81. The van der Waals surface area contributed by atoms with Gasteiger partial charge in [-0.25, -0.2) is 9.50 Å². The lowest BCUT2D eigenvalue weighted by Gasteiger charge is -2.14. The van der Waals surface area contributed by atoms with E-state index in [0.717, 1.165) is 33.2 Å². The molecule has 0 saturated carbocycles. The van der Waals surface area contributed by atoms with Crippen molar-refractivity contribution in [1.82, 2.24) is 14.6 Å². The summed E-state index contributed by atoms with van der Waals surface area (Å²) in [5.41, 5.74) is 11.2. The lowest BCUT2D eigenvalue weighted by Crippen LogP contribution is -2.14. The molecule has 126 valence electrons. The molecule has 1 atom stereocenters. The highest BCUT2D eigenvalue weighted by molar-refractivity contribution is 7.10. The van der Waals surface area contributed by atoms with E-state index < -0.39 is 0 Å². The third kappa shape index (κ3) is 2.90. The molecular formula is C19H19N5S. The van der Waals surface area contributed by atoms with Crippen LogP contribution >= 0.6 is 11.3 Å². The molecule has 0 saturated heterocycles. The Morgan fingerprint density at radius 3 is 2.76 bits per heavy atom. The largest absolute Gasteiger partial charge is 0.378 e. The van der Waals surface area contributed by atoms with Gasteiger partial charge in [0, 0.05) is 30.2 Å². The number of fused-ring (bicyclic) bond motifs is 1. The topological polar surface area (TPSA) is 59.5 Å². The van der Waals surface area contributed by atoms with Crippen LogP contribution in [0.15, 0.2) is 60.1 Å². The van der Waals surface area contributed by atoms with Crippen molar-refractivity contribution in [2.45, 2.75) is 6.04 Å². The standard InChI is InChI=1S/C19H19N5S/c1-23(2)14-6-3-5-13(11-14)16-12-21-18-9-8-15(22-24(16)18)19(20)17-7-4-10-25-17/h3-12,19H,20H2,1-2H3. The van der Waals surface area contributed by atoms with Gasteiger partial charge < -0.3 is 10.6 Å². The molecular weight excluding hydrogens is 330 g/mol. The first-order chi connectivity index (χ1) is 12.1. The van der Waals surface area contributed by atoms with Gasteiger partial charge in [0.25, 0.3) is 0 Å². The van der Waals surface area contributed by atoms with Crippen LogP contribution in [0.2, 0.25) is 0 Å². The van der Waals surface area contributed by atoms with E-state index in [9.17, 15) is 0 Å². The normalized spacial score (nSPS) is 12.4. The van der Waals surface area contributed by atoms with Crippen molar-refractivity contribution in [2.24, 2.45) is 5.73 Å². The Morgan fingerprint density at radius 2 is 2.00 bits per heavy atom. The van der Waals surface area contributed by atoms with Crippen molar-refractivity contribution in [2.75, 3.05) is 19.0 Å². The number of rotatable bonds is 4. The third-order valence-corrected chi connectivity index (χ3v) is 5.17. The molecule has 0 radical (unpaired) electrons. The van der Waals surface area contributed by atoms with Crippen molar-refractivity contribution in [3.8, 4) is 11.3 Å². The Hall–Kier alpha value is -2.70. The Balaban J connectivity index is 1.80. The zero-order chi connectivity index (χ0) is 17.4. The summed E-state index contributed by atoms with van der Waals surface area (Å²) in [5.74, 6) is 0. The van der Waals surface area contributed by atoms with Crippen LogP contribution in [0.4, 0.5) is 5.69 Å². The first-order valence-corrected chi connectivity index (χ1v) is 8.93. The third-order valence-electron chi connectivity index (χ3n) is 4.21. The Morgan fingerprint density at radius 1 is 1.12 bits per heavy atom. The van der Waals surface area contributed by atoms with E-state index in [0.29, 0.717) is 0 Å². The van der Waals surface area contributed by atoms with E-state index in [1.165, 1.54) is 0 Å². The van der Waals surface area contributed by atoms with Gasteiger partial charge in [0.05, 0.1) is 23.6 Å². The Labute approximate surface area is 150 Å². The molecule has 0 aliphatic rings. The zero-order valence-corrected chi connectivity index (χ0v) is 14.9. The van der Waals surface area contributed by atoms with Crippen molar-refractivity contribution in [3.05, 3.63) is 70.7 Å². The fourth-order valence-corrected chi connectivity index (χ4v) is 3.55. The summed E-state index contributed by atoms with van der Waals surface area (Å²) in [6, 6.07) is 16.1. The molecule has 0 bridgehead atoms. The van der Waals surface area contributed by atoms with Crippen LogP contribution in [0, 0.1) is 0 Å². The number of benzene rings is 1. The second kappa shape index (κ2) is 6.31. The number of nitrogens with zero attached hydrogens (tertiary/aromatic N) is 4. The number of aromatic nitrogens is 3. The molecule has 0 aliphatic carbocycles. The monoisotopic (exact) mass is 349 g/mol. The van der Waals surface area contributed by atoms with Gasteiger partial charge in [-0.1, -0.05) is 18.2 Å². The highest BCUT2D eigenvalue weighted by Gasteiger charge is 2.14. The minimum atomic E-state index is -0.229. The highest BCUT2D eigenvalue weighted by atomic mass is 32.1. The van der Waals surface area contributed by atoms with Crippen molar-refractivity contribution >= 4 is 22.7 Å². The average Bonchev–Trinajstić information content (AvgIpc) is 3.30.